The van der Waals surface area contributed by atoms with E-state index in [1.807, 2.05) is 0 Å². The summed E-state index contributed by atoms with van der Waals surface area (Å²) in [6.07, 6.45) is 3.49. The van der Waals surface area contributed by atoms with Crippen molar-refractivity contribution < 1.29 is 4.79 Å². The minimum Gasteiger partial charge on any atom is -0.331 e. The van der Waals surface area contributed by atoms with Gasteiger partial charge in [-0.3, -0.25) is 10.1 Å². The van der Waals surface area contributed by atoms with Crippen LogP contribution in [0.5, 0.6) is 0 Å². The molecule has 5 heteroatoms. The first-order valence-corrected chi connectivity index (χ1v) is 4.05. The number of hydrogen-bond donors (Lipinski definition) is 3. The average molecular weight is 182 g/mol. The molecular formula is C8H14N4O. The van der Waals surface area contributed by atoms with E-state index in [2.05, 4.69) is 15.3 Å². The lowest BCUT2D eigenvalue weighted by Gasteiger charge is -2.16. The fourth-order valence-electron chi connectivity index (χ4n) is 0.924. The quantitative estimate of drug-likeness (QED) is 0.635. The fraction of sp³-hybridized carbons (Fsp3) is 0.500. The Hall–Kier alpha value is -1.36. The highest BCUT2D eigenvalue weighted by atomic mass is 16.1. The summed E-state index contributed by atoms with van der Waals surface area (Å²) in [5.41, 5.74) is 5.18. The number of H-pyrrole nitrogens is 1. The summed E-state index contributed by atoms with van der Waals surface area (Å²) in [6, 6.07) is 0. The summed E-state index contributed by atoms with van der Waals surface area (Å²) >= 11 is 0. The summed E-state index contributed by atoms with van der Waals surface area (Å²) in [7, 11) is 0. The molecule has 13 heavy (non-hydrogen) atoms. The van der Waals surface area contributed by atoms with Gasteiger partial charge in [0.05, 0.1) is 0 Å². The summed E-state index contributed by atoms with van der Waals surface area (Å²) < 4.78 is 0. The maximum Gasteiger partial charge on any atom is 0.228 e. The van der Waals surface area contributed by atoms with Crippen LogP contribution < -0.4 is 11.1 Å². The Morgan fingerprint density at radius 1 is 1.77 bits per heavy atom. The Bertz CT molecular complexity index is 273. The molecule has 1 heterocycles. The van der Waals surface area contributed by atoms with E-state index < -0.39 is 5.54 Å². The van der Waals surface area contributed by atoms with Crippen LogP contribution in [0.1, 0.15) is 20.3 Å². The highest BCUT2D eigenvalue weighted by Crippen LogP contribution is 2.05. The van der Waals surface area contributed by atoms with Crippen molar-refractivity contribution in [2.24, 2.45) is 5.73 Å². The Labute approximate surface area is 76.7 Å². The number of carbonyl (C=O) groups is 1. The molecule has 0 aliphatic carbocycles. The van der Waals surface area contributed by atoms with Crippen LogP contribution in [0.4, 0.5) is 5.95 Å². The van der Waals surface area contributed by atoms with E-state index >= 15 is 0 Å². The van der Waals surface area contributed by atoms with Gasteiger partial charge in [0.2, 0.25) is 11.9 Å². The Morgan fingerprint density at radius 2 is 2.46 bits per heavy atom. The first-order chi connectivity index (χ1) is 5.97. The molecule has 1 amide bonds. The third-order valence-corrected chi connectivity index (χ3v) is 1.37. The van der Waals surface area contributed by atoms with Gasteiger partial charge in [-0.25, -0.2) is 4.98 Å². The van der Waals surface area contributed by atoms with E-state index in [1.165, 1.54) is 0 Å². The standard InChI is InChI=1S/C8H14N4O/c1-8(2,9)5-6(13)12-7-10-3-4-11-7/h3-4H,5,9H2,1-2H3,(H2,10,11,12,13). The Balaban J connectivity index is 2.43. The van der Waals surface area contributed by atoms with Crippen molar-refractivity contribution >= 4 is 11.9 Å². The van der Waals surface area contributed by atoms with Gasteiger partial charge in [-0.1, -0.05) is 0 Å². The summed E-state index contributed by atoms with van der Waals surface area (Å²) in [6.45, 7) is 3.60. The molecule has 0 radical (unpaired) electrons. The predicted molar refractivity (Wildman–Crippen MR) is 50.1 cm³/mol. The largest absolute Gasteiger partial charge is 0.331 e. The van der Waals surface area contributed by atoms with Crippen molar-refractivity contribution in [3.05, 3.63) is 12.4 Å². The van der Waals surface area contributed by atoms with Gasteiger partial charge in [-0.2, -0.15) is 0 Å². The van der Waals surface area contributed by atoms with E-state index in [9.17, 15) is 4.79 Å². The van der Waals surface area contributed by atoms with E-state index in [4.69, 9.17) is 5.73 Å². The summed E-state index contributed by atoms with van der Waals surface area (Å²) in [5.74, 6) is 0.316. The first kappa shape index (κ1) is 9.73. The lowest BCUT2D eigenvalue weighted by Crippen LogP contribution is -2.36. The monoisotopic (exact) mass is 182 g/mol. The van der Waals surface area contributed by atoms with E-state index in [0.717, 1.165) is 0 Å². The molecule has 72 valence electrons. The number of nitrogens with one attached hydrogen (secondary N) is 2. The molecular weight excluding hydrogens is 168 g/mol. The average Bonchev–Trinajstić information content (AvgIpc) is 2.34. The number of rotatable bonds is 3. The first-order valence-electron chi connectivity index (χ1n) is 4.05. The third-order valence-electron chi connectivity index (χ3n) is 1.37. The molecule has 1 aromatic heterocycles. The van der Waals surface area contributed by atoms with Gasteiger partial charge in [0.25, 0.3) is 0 Å². The fourth-order valence-corrected chi connectivity index (χ4v) is 0.924. The van der Waals surface area contributed by atoms with Gasteiger partial charge in [-0.15, -0.1) is 0 Å². The number of imidazole rings is 1. The normalized spacial score (nSPS) is 11.3. The highest BCUT2D eigenvalue weighted by molar-refractivity contribution is 5.89. The zero-order valence-electron chi connectivity index (χ0n) is 7.79. The van der Waals surface area contributed by atoms with Crippen LogP contribution in [0.25, 0.3) is 0 Å². The number of carbonyl (C=O) groups excluding carboxylic acids is 1. The Morgan fingerprint density at radius 3 is 2.92 bits per heavy atom. The van der Waals surface area contributed by atoms with Crippen LogP contribution in [0.3, 0.4) is 0 Å². The van der Waals surface area contributed by atoms with Crippen molar-refractivity contribution in [3.8, 4) is 0 Å². The molecule has 0 aliphatic rings. The van der Waals surface area contributed by atoms with E-state index in [1.54, 1.807) is 26.2 Å². The van der Waals surface area contributed by atoms with Gasteiger partial charge in [-0.05, 0) is 13.8 Å². The molecule has 0 aliphatic heterocycles. The maximum atomic E-state index is 11.3. The number of amides is 1. The topological polar surface area (TPSA) is 83.8 Å². The zero-order valence-corrected chi connectivity index (χ0v) is 7.79. The Kier molecular flexibility index (Phi) is 2.67. The van der Waals surface area contributed by atoms with Gasteiger partial charge in [0.15, 0.2) is 0 Å². The van der Waals surface area contributed by atoms with Crippen molar-refractivity contribution in [2.45, 2.75) is 25.8 Å². The molecule has 0 saturated heterocycles. The SMILES string of the molecule is CC(C)(N)CC(=O)Nc1ncc[nH]1. The minimum absolute atomic E-state index is 0.137. The molecule has 1 aromatic rings. The number of nitrogens with zero attached hydrogens (tertiary/aromatic N) is 1. The number of hydrogen-bond acceptors (Lipinski definition) is 3. The lowest BCUT2D eigenvalue weighted by atomic mass is 10.0. The van der Waals surface area contributed by atoms with Crippen LogP contribution >= 0.6 is 0 Å². The molecule has 0 spiro atoms. The lowest BCUT2D eigenvalue weighted by molar-refractivity contribution is -0.117. The van der Waals surface area contributed by atoms with E-state index in [-0.39, 0.29) is 12.3 Å². The number of nitrogens with two attached hydrogens (primary N) is 1. The number of anilines is 1. The molecule has 5 nitrogen and oxygen atoms in total. The van der Waals surface area contributed by atoms with Crippen LogP contribution in [0.15, 0.2) is 12.4 Å². The minimum atomic E-state index is -0.489. The summed E-state index contributed by atoms with van der Waals surface area (Å²) in [5, 5.41) is 2.59. The van der Waals surface area contributed by atoms with Gasteiger partial charge in [0.1, 0.15) is 0 Å². The molecule has 4 N–H and O–H groups in total. The molecule has 0 saturated carbocycles. The zero-order chi connectivity index (χ0) is 9.90. The molecule has 0 atom stereocenters. The molecule has 1 rings (SSSR count). The predicted octanol–water partition coefficient (Wildman–Crippen LogP) is 0.476. The summed E-state index contributed by atoms with van der Waals surface area (Å²) in [4.78, 5) is 17.9. The maximum absolute atomic E-state index is 11.3. The smallest absolute Gasteiger partial charge is 0.228 e. The molecule has 0 unspecified atom stereocenters. The van der Waals surface area contributed by atoms with Crippen molar-refractivity contribution in [1.82, 2.24) is 9.97 Å². The number of aromatic amines is 1. The molecule has 0 fully saturated rings. The van der Waals surface area contributed by atoms with Gasteiger partial charge < -0.3 is 10.7 Å². The molecule has 0 aromatic carbocycles. The van der Waals surface area contributed by atoms with Gasteiger partial charge >= 0.3 is 0 Å². The van der Waals surface area contributed by atoms with Crippen LogP contribution in [-0.4, -0.2) is 21.4 Å². The van der Waals surface area contributed by atoms with Crippen molar-refractivity contribution in [3.63, 3.8) is 0 Å². The van der Waals surface area contributed by atoms with Crippen LogP contribution in [0.2, 0.25) is 0 Å². The second kappa shape index (κ2) is 3.57. The van der Waals surface area contributed by atoms with Crippen molar-refractivity contribution in [2.75, 3.05) is 5.32 Å². The third kappa shape index (κ3) is 3.71. The van der Waals surface area contributed by atoms with Crippen molar-refractivity contribution in [1.29, 1.82) is 0 Å². The molecule has 0 bridgehead atoms. The van der Waals surface area contributed by atoms with Crippen LogP contribution in [-0.2, 0) is 4.79 Å². The van der Waals surface area contributed by atoms with Crippen LogP contribution in [0, 0.1) is 0 Å². The second-order valence-electron chi connectivity index (χ2n) is 3.65. The van der Waals surface area contributed by atoms with E-state index in [0.29, 0.717) is 5.95 Å². The highest BCUT2D eigenvalue weighted by Gasteiger charge is 2.16. The second-order valence-corrected chi connectivity index (χ2v) is 3.65. The van der Waals surface area contributed by atoms with Gasteiger partial charge in [0, 0.05) is 24.4 Å². The number of aromatic nitrogens is 2.